The van der Waals surface area contributed by atoms with Gasteiger partial charge in [0, 0.05) is 28.8 Å². The molecule has 1 spiro atoms. The van der Waals surface area contributed by atoms with Crippen molar-refractivity contribution in [3.8, 4) is 0 Å². The molecule has 0 radical (unpaired) electrons. The van der Waals surface area contributed by atoms with Crippen molar-refractivity contribution < 1.29 is 9.59 Å². The van der Waals surface area contributed by atoms with Crippen LogP contribution in [0.2, 0.25) is 0 Å². The van der Waals surface area contributed by atoms with Crippen molar-refractivity contribution in [2.24, 2.45) is 17.3 Å². The molecule has 0 bridgehead atoms. The lowest BCUT2D eigenvalue weighted by atomic mass is 9.65. The van der Waals surface area contributed by atoms with Gasteiger partial charge in [-0.1, -0.05) is 20.8 Å². The highest BCUT2D eigenvalue weighted by Gasteiger charge is 2.52. The quantitative estimate of drug-likeness (QED) is 0.712. The lowest BCUT2D eigenvalue weighted by Crippen LogP contribution is -2.54. The molecule has 16 heavy (non-hydrogen) atoms. The topological polar surface area (TPSA) is 46.2 Å². The van der Waals surface area contributed by atoms with E-state index in [1.807, 2.05) is 11.8 Å². The van der Waals surface area contributed by atoms with Crippen LogP contribution in [0.15, 0.2) is 0 Å². The van der Waals surface area contributed by atoms with Crippen LogP contribution in [0.25, 0.3) is 0 Å². The van der Waals surface area contributed by atoms with Gasteiger partial charge >= 0.3 is 0 Å². The summed E-state index contributed by atoms with van der Waals surface area (Å²) in [6.07, 6.45) is 1.53. The van der Waals surface area contributed by atoms with Crippen LogP contribution < -0.4 is 5.32 Å². The smallest absolute Gasteiger partial charge is 0.230 e. The summed E-state index contributed by atoms with van der Waals surface area (Å²) in [5.74, 6) is 1.12. The Balaban J connectivity index is 2.31. The van der Waals surface area contributed by atoms with Gasteiger partial charge in [-0.2, -0.15) is 11.8 Å². The van der Waals surface area contributed by atoms with Crippen molar-refractivity contribution in [2.45, 2.75) is 38.9 Å². The minimum atomic E-state index is -0.0865. The Labute approximate surface area is 101 Å². The van der Waals surface area contributed by atoms with Crippen molar-refractivity contribution in [1.29, 1.82) is 0 Å². The van der Waals surface area contributed by atoms with Gasteiger partial charge in [0.15, 0.2) is 0 Å². The van der Waals surface area contributed by atoms with E-state index in [4.69, 9.17) is 0 Å². The van der Waals surface area contributed by atoms with Gasteiger partial charge in [-0.25, -0.2) is 0 Å². The SMILES string of the molecule is CC1CC2(CS1)CC(=O)NC(=O)C2C(C)C. The van der Waals surface area contributed by atoms with Crippen LogP contribution in [-0.2, 0) is 9.59 Å². The zero-order valence-corrected chi connectivity index (χ0v) is 10.9. The molecule has 0 saturated carbocycles. The highest BCUT2D eigenvalue weighted by atomic mass is 32.2. The summed E-state index contributed by atoms with van der Waals surface area (Å²) < 4.78 is 0. The molecule has 0 aliphatic carbocycles. The van der Waals surface area contributed by atoms with E-state index in [1.165, 1.54) is 0 Å². The number of carbonyl (C=O) groups is 2. The average Bonchev–Trinajstić information content (AvgIpc) is 2.44. The van der Waals surface area contributed by atoms with Gasteiger partial charge in [0.05, 0.1) is 0 Å². The predicted octanol–water partition coefficient (Wildman–Crippen LogP) is 1.82. The molecule has 0 aromatic rings. The van der Waals surface area contributed by atoms with Crippen LogP contribution in [0.5, 0.6) is 0 Å². The Bertz CT molecular complexity index is 329. The van der Waals surface area contributed by atoms with Gasteiger partial charge in [-0.3, -0.25) is 14.9 Å². The highest BCUT2D eigenvalue weighted by Crippen LogP contribution is 2.52. The van der Waals surface area contributed by atoms with E-state index in [0.717, 1.165) is 12.2 Å². The van der Waals surface area contributed by atoms with Gasteiger partial charge in [0.25, 0.3) is 0 Å². The Kier molecular flexibility index (Phi) is 3.03. The number of amides is 2. The molecule has 2 saturated heterocycles. The van der Waals surface area contributed by atoms with Crippen molar-refractivity contribution in [3.05, 3.63) is 0 Å². The molecule has 3 unspecified atom stereocenters. The summed E-state index contributed by atoms with van der Waals surface area (Å²) in [7, 11) is 0. The van der Waals surface area contributed by atoms with Crippen molar-refractivity contribution in [3.63, 3.8) is 0 Å². The Morgan fingerprint density at radius 1 is 1.44 bits per heavy atom. The van der Waals surface area contributed by atoms with E-state index < -0.39 is 0 Å². The largest absolute Gasteiger partial charge is 0.296 e. The maximum Gasteiger partial charge on any atom is 0.230 e. The molecule has 0 aromatic carbocycles. The fourth-order valence-corrected chi connectivity index (χ4v) is 4.78. The standard InChI is InChI=1S/C12H19NO2S/c1-7(2)10-11(15)13-9(14)5-12(10)4-8(3)16-6-12/h7-8,10H,4-6H2,1-3H3,(H,13,14,15). The number of imide groups is 1. The first-order chi connectivity index (χ1) is 7.44. The number of piperidine rings is 1. The second-order valence-electron chi connectivity index (χ2n) is 5.50. The molecule has 2 amide bonds. The second-order valence-corrected chi connectivity index (χ2v) is 6.93. The molecule has 3 nitrogen and oxygen atoms in total. The monoisotopic (exact) mass is 241 g/mol. The third-order valence-electron chi connectivity index (χ3n) is 3.73. The first-order valence-electron chi connectivity index (χ1n) is 5.90. The van der Waals surface area contributed by atoms with Crippen LogP contribution in [0.4, 0.5) is 0 Å². The van der Waals surface area contributed by atoms with Crippen LogP contribution in [0, 0.1) is 17.3 Å². The number of carbonyl (C=O) groups excluding carboxylic acids is 2. The molecule has 4 heteroatoms. The van der Waals surface area contributed by atoms with Crippen LogP contribution in [0.1, 0.15) is 33.6 Å². The van der Waals surface area contributed by atoms with E-state index in [9.17, 15) is 9.59 Å². The third-order valence-corrected chi connectivity index (χ3v) is 5.21. The molecule has 2 rings (SSSR count). The maximum atomic E-state index is 12.0. The van der Waals surface area contributed by atoms with Crippen molar-refractivity contribution >= 4 is 23.6 Å². The van der Waals surface area contributed by atoms with E-state index in [1.54, 1.807) is 0 Å². The zero-order valence-electron chi connectivity index (χ0n) is 10.1. The van der Waals surface area contributed by atoms with Crippen LogP contribution in [-0.4, -0.2) is 22.8 Å². The number of hydrogen-bond donors (Lipinski definition) is 1. The van der Waals surface area contributed by atoms with E-state index >= 15 is 0 Å². The molecule has 90 valence electrons. The molecule has 2 aliphatic rings. The Hall–Kier alpha value is -0.510. The molecular weight excluding hydrogens is 222 g/mol. The van der Waals surface area contributed by atoms with Gasteiger partial charge in [-0.05, 0) is 12.3 Å². The van der Waals surface area contributed by atoms with Crippen LogP contribution in [0.3, 0.4) is 0 Å². The van der Waals surface area contributed by atoms with Gasteiger partial charge in [0.2, 0.25) is 11.8 Å². The summed E-state index contributed by atoms with van der Waals surface area (Å²) in [6, 6.07) is 0. The number of rotatable bonds is 1. The van der Waals surface area contributed by atoms with Crippen molar-refractivity contribution in [2.75, 3.05) is 5.75 Å². The molecule has 2 fully saturated rings. The minimum Gasteiger partial charge on any atom is -0.296 e. The lowest BCUT2D eigenvalue weighted by Gasteiger charge is -2.41. The predicted molar refractivity (Wildman–Crippen MR) is 65.1 cm³/mol. The lowest BCUT2D eigenvalue weighted by molar-refractivity contribution is -0.144. The highest BCUT2D eigenvalue weighted by molar-refractivity contribution is 8.00. The second kappa shape index (κ2) is 4.06. The fraction of sp³-hybridized carbons (Fsp3) is 0.833. The third kappa shape index (κ3) is 1.88. The normalized spacial score (nSPS) is 39.5. The molecule has 0 aromatic heterocycles. The first-order valence-corrected chi connectivity index (χ1v) is 6.95. The summed E-state index contributed by atoms with van der Waals surface area (Å²) >= 11 is 1.90. The average molecular weight is 241 g/mol. The minimum absolute atomic E-state index is 0.00245. The zero-order chi connectivity index (χ0) is 11.9. The summed E-state index contributed by atoms with van der Waals surface area (Å²) in [5, 5.41) is 3.06. The van der Waals surface area contributed by atoms with Gasteiger partial charge in [0.1, 0.15) is 0 Å². The molecule has 2 heterocycles. The van der Waals surface area contributed by atoms with E-state index in [0.29, 0.717) is 17.6 Å². The number of thioether (sulfide) groups is 1. The maximum absolute atomic E-state index is 12.0. The molecule has 1 N–H and O–H groups in total. The number of hydrogen-bond acceptors (Lipinski definition) is 3. The van der Waals surface area contributed by atoms with Crippen LogP contribution >= 0.6 is 11.8 Å². The summed E-state index contributed by atoms with van der Waals surface area (Å²) in [4.78, 5) is 23.5. The van der Waals surface area contributed by atoms with E-state index in [2.05, 4.69) is 26.1 Å². The summed E-state index contributed by atoms with van der Waals surface area (Å²) in [6.45, 7) is 6.35. The molecule has 2 aliphatic heterocycles. The number of nitrogens with one attached hydrogen (secondary N) is 1. The first kappa shape index (κ1) is 12.0. The Morgan fingerprint density at radius 2 is 2.12 bits per heavy atom. The molecule has 3 atom stereocenters. The molecular formula is C12H19NO2S. The van der Waals surface area contributed by atoms with Crippen molar-refractivity contribution in [1.82, 2.24) is 5.32 Å². The van der Waals surface area contributed by atoms with E-state index in [-0.39, 0.29) is 23.1 Å². The van der Waals surface area contributed by atoms with Gasteiger partial charge < -0.3 is 0 Å². The van der Waals surface area contributed by atoms with Gasteiger partial charge in [-0.15, -0.1) is 0 Å². The Morgan fingerprint density at radius 3 is 2.62 bits per heavy atom. The fourth-order valence-electron chi connectivity index (χ4n) is 3.32. The summed E-state index contributed by atoms with van der Waals surface area (Å²) in [5.41, 5.74) is -0.0718.